The molecular formula is C16H17N7O2. The fraction of sp³-hybridized carbons (Fsp3) is 0.250. The molecule has 25 heavy (non-hydrogen) atoms. The second kappa shape index (κ2) is 6.36. The van der Waals surface area contributed by atoms with E-state index in [-0.39, 0.29) is 5.69 Å². The summed E-state index contributed by atoms with van der Waals surface area (Å²) in [5, 5.41) is 25.9. The number of aromatic amines is 1. The van der Waals surface area contributed by atoms with Gasteiger partial charge < -0.3 is 15.5 Å². The van der Waals surface area contributed by atoms with Crippen LogP contribution in [0.15, 0.2) is 36.4 Å². The first-order valence-electron chi connectivity index (χ1n) is 8.03. The second-order valence-corrected chi connectivity index (χ2v) is 5.78. The molecule has 0 atom stereocenters. The fourth-order valence-electron chi connectivity index (χ4n) is 2.94. The molecule has 1 aromatic carbocycles. The van der Waals surface area contributed by atoms with Crippen molar-refractivity contribution in [3.05, 3.63) is 46.5 Å². The Morgan fingerprint density at radius 3 is 2.76 bits per heavy atom. The number of para-hydroxylation sites is 1. The summed E-state index contributed by atoms with van der Waals surface area (Å²) >= 11 is 0. The number of anilines is 3. The molecule has 1 aliphatic heterocycles. The zero-order chi connectivity index (χ0) is 17.2. The van der Waals surface area contributed by atoms with Crippen LogP contribution in [-0.2, 0) is 0 Å². The van der Waals surface area contributed by atoms with Gasteiger partial charge in [-0.1, -0.05) is 12.1 Å². The lowest BCUT2D eigenvalue weighted by Crippen LogP contribution is -2.44. The Morgan fingerprint density at radius 2 is 1.96 bits per heavy atom. The number of benzene rings is 1. The lowest BCUT2D eigenvalue weighted by Gasteiger charge is -2.28. The number of hydrogen-bond donors (Lipinski definition) is 3. The highest BCUT2D eigenvalue weighted by Crippen LogP contribution is 2.30. The summed E-state index contributed by atoms with van der Waals surface area (Å²) in [6, 6.07) is 10.8. The smallest absolute Gasteiger partial charge is 0.311 e. The molecule has 0 radical (unpaired) electrons. The van der Waals surface area contributed by atoms with Gasteiger partial charge in [0, 0.05) is 37.6 Å². The van der Waals surface area contributed by atoms with Crippen LogP contribution in [0.2, 0.25) is 0 Å². The molecule has 3 N–H and O–H groups in total. The summed E-state index contributed by atoms with van der Waals surface area (Å²) < 4.78 is 0. The van der Waals surface area contributed by atoms with Gasteiger partial charge in [-0.15, -0.1) is 0 Å². The zero-order valence-corrected chi connectivity index (χ0v) is 13.4. The van der Waals surface area contributed by atoms with Crippen molar-refractivity contribution in [2.45, 2.75) is 0 Å². The van der Waals surface area contributed by atoms with Crippen molar-refractivity contribution in [1.29, 1.82) is 0 Å². The minimum absolute atomic E-state index is 0.0133. The highest BCUT2D eigenvalue weighted by molar-refractivity contribution is 5.91. The first-order valence-corrected chi connectivity index (χ1v) is 8.03. The molecule has 1 saturated heterocycles. The highest BCUT2D eigenvalue weighted by Gasteiger charge is 2.23. The molecule has 9 nitrogen and oxygen atoms in total. The van der Waals surface area contributed by atoms with Gasteiger partial charge in [-0.2, -0.15) is 5.10 Å². The van der Waals surface area contributed by atoms with Gasteiger partial charge in [-0.05, 0) is 18.2 Å². The number of fused-ring (bicyclic) bond motifs is 1. The van der Waals surface area contributed by atoms with Crippen molar-refractivity contribution in [2.24, 2.45) is 0 Å². The summed E-state index contributed by atoms with van der Waals surface area (Å²) in [5.74, 6) is 1.55. The van der Waals surface area contributed by atoms with E-state index in [0.29, 0.717) is 30.5 Å². The summed E-state index contributed by atoms with van der Waals surface area (Å²) in [7, 11) is 0. The van der Waals surface area contributed by atoms with Gasteiger partial charge >= 0.3 is 5.69 Å². The molecule has 0 amide bonds. The number of piperazine rings is 1. The Bertz CT molecular complexity index is 918. The third kappa shape index (κ3) is 2.96. The second-order valence-electron chi connectivity index (χ2n) is 5.78. The van der Waals surface area contributed by atoms with Crippen molar-refractivity contribution in [1.82, 2.24) is 20.5 Å². The average molecular weight is 339 g/mol. The van der Waals surface area contributed by atoms with Gasteiger partial charge in [0.25, 0.3) is 0 Å². The molecule has 0 aliphatic carbocycles. The highest BCUT2D eigenvalue weighted by atomic mass is 16.6. The number of hydrogen-bond acceptors (Lipinski definition) is 7. The van der Waals surface area contributed by atoms with Crippen LogP contribution in [0.5, 0.6) is 0 Å². The Kier molecular flexibility index (Phi) is 3.90. The van der Waals surface area contributed by atoms with Crippen LogP contribution < -0.4 is 15.5 Å². The molecule has 1 fully saturated rings. The topological polar surface area (TPSA) is 112 Å². The van der Waals surface area contributed by atoms with Gasteiger partial charge in [-0.25, -0.2) is 4.98 Å². The number of pyridine rings is 1. The molecule has 0 bridgehead atoms. The third-order valence-corrected chi connectivity index (χ3v) is 4.18. The van der Waals surface area contributed by atoms with Crippen molar-refractivity contribution in [3.8, 4) is 0 Å². The van der Waals surface area contributed by atoms with E-state index in [1.165, 1.54) is 6.07 Å². The van der Waals surface area contributed by atoms with Gasteiger partial charge in [0.2, 0.25) is 5.82 Å². The lowest BCUT2D eigenvalue weighted by molar-refractivity contribution is -0.384. The van der Waals surface area contributed by atoms with E-state index in [1.54, 1.807) is 6.07 Å². The lowest BCUT2D eigenvalue weighted by atomic mass is 10.2. The Balaban J connectivity index is 1.69. The Hall–Kier alpha value is -3.20. The van der Waals surface area contributed by atoms with E-state index in [0.717, 1.165) is 24.0 Å². The summed E-state index contributed by atoms with van der Waals surface area (Å²) in [6.07, 6.45) is 0. The molecule has 3 aromatic rings. The molecule has 128 valence electrons. The predicted octanol–water partition coefficient (Wildman–Crippen LogP) is 2.02. The van der Waals surface area contributed by atoms with Crippen LogP contribution in [0.1, 0.15) is 0 Å². The molecule has 3 heterocycles. The molecule has 0 unspecified atom stereocenters. The SMILES string of the molecule is O=[N+]([O-])c1ccc(Nc2n[nH]c3ccccc23)nc1N1CCNCC1. The minimum Gasteiger partial charge on any atom is -0.348 e. The average Bonchev–Trinajstić information content (AvgIpc) is 3.05. The van der Waals surface area contributed by atoms with E-state index < -0.39 is 4.92 Å². The van der Waals surface area contributed by atoms with E-state index >= 15 is 0 Å². The summed E-state index contributed by atoms with van der Waals surface area (Å²) in [5.41, 5.74) is 0.925. The first-order chi connectivity index (χ1) is 12.2. The quantitative estimate of drug-likeness (QED) is 0.492. The number of H-pyrrole nitrogens is 1. The van der Waals surface area contributed by atoms with Gasteiger partial charge in [0.15, 0.2) is 5.82 Å². The van der Waals surface area contributed by atoms with Crippen molar-refractivity contribution in [2.75, 3.05) is 36.4 Å². The Morgan fingerprint density at radius 1 is 1.16 bits per heavy atom. The number of rotatable bonds is 4. The standard InChI is InChI=1S/C16H17N7O2/c24-23(25)13-5-6-14(19-16(13)22-9-7-17-8-10-22)18-15-11-3-1-2-4-12(11)20-21-15/h1-6,17H,7-10H2,(H2,18,19,20,21). The maximum atomic E-state index is 11.4. The van der Waals surface area contributed by atoms with Crippen LogP contribution in [0.4, 0.5) is 23.1 Å². The third-order valence-electron chi connectivity index (χ3n) is 4.18. The maximum Gasteiger partial charge on any atom is 0.311 e. The van der Waals surface area contributed by atoms with E-state index in [2.05, 4.69) is 25.8 Å². The molecule has 0 spiro atoms. The van der Waals surface area contributed by atoms with Crippen LogP contribution in [0.3, 0.4) is 0 Å². The van der Waals surface area contributed by atoms with Crippen LogP contribution in [0.25, 0.3) is 10.9 Å². The Labute approximate surface area is 143 Å². The number of nitrogens with zero attached hydrogens (tertiary/aromatic N) is 4. The first kappa shape index (κ1) is 15.3. The van der Waals surface area contributed by atoms with Crippen LogP contribution in [0, 0.1) is 10.1 Å². The van der Waals surface area contributed by atoms with Crippen molar-refractivity contribution >= 4 is 34.0 Å². The fourth-order valence-corrected chi connectivity index (χ4v) is 2.94. The van der Waals surface area contributed by atoms with E-state index in [1.807, 2.05) is 29.2 Å². The van der Waals surface area contributed by atoms with E-state index in [9.17, 15) is 10.1 Å². The largest absolute Gasteiger partial charge is 0.348 e. The molecular weight excluding hydrogens is 322 g/mol. The zero-order valence-electron chi connectivity index (χ0n) is 13.4. The molecule has 4 rings (SSSR count). The summed E-state index contributed by atoms with van der Waals surface area (Å²) in [6.45, 7) is 2.92. The van der Waals surface area contributed by atoms with Crippen LogP contribution >= 0.6 is 0 Å². The molecule has 2 aromatic heterocycles. The monoisotopic (exact) mass is 339 g/mol. The van der Waals surface area contributed by atoms with Gasteiger partial charge in [0.05, 0.1) is 10.4 Å². The molecule has 1 aliphatic rings. The van der Waals surface area contributed by atoms with Crippen molar-refractivity contribution in [3.63, 3.8) is 0 Å². The molecule has 0 saturated carbocycles. The van der Waals surface area contributed by atoms with Gasteiger partial charge in [-0.3, -0.25) is 15.2 Å². The maximum absolute atomic E-state index is 11.4. The van der Waals surface area contributed by atoms with Crippen molar-refractivity contribution < 1.29 is 4.92 Å². The van der Waals surface area contributed by atoms with E-state index in [4.69, 9.17) is 0 Å². The number of nitrogens with one attached hydrogen (secondary N) is 3. The van der Waals surface area contributed by atoms with Gasteiger partial charge in [0.1, 0.15) is 5.82 Å². The number of aromatic nitrogens is 3. The van der Waals surface area contributed by atoms with Crippen LogP contribution in [-0.4, -0.2) is 46.3 Å². The molecule has 9 heteroatoms. The normalized spacial score (nSPS) is 14.6. The minimum atomic E-state index is -0.391. The summed E-state index contributed by atoms with van der Waals surface area (Å²) in [4.78, 5) is 17.4. The predicted molar refractivity (Wildman–Crippen MR) is 95.4 cm³/mol. The number of nitro groups is 1.